The minimum absolute atomic E-state index is 0.212. The number of amides is 2. The van der Waals surface area contributed by atoms with Crippen molar-refractivity contribution in [3.63, 3.8) is 0 Å². The maximum atomic E-state index is 13.3. The molecule has 10 heteroatoms. The number of aryl methyl sites for hydroxylation is 1. The first-order valence-corrected chi connectivity index (χ1v) is 14.4. The average Bonchev–Trinajstić information content (AvgIpc) is 2.89. The smallest absolute Gasteiger partial charge is 0.338 e. The average molecular weight is 541 g/mol. The predicted molar refractivity (Wildman–Crippen MR) is 145 cm³/mol. The summed E-state index contributed by atoms with van der Waals surface area (Å²) in [5.74, 6) is -0.469. The molecule has 38 heavy (non-hydrogen) atoms. The van der Waals surface area contributed by atoms with Crippen LogP contribution in [-0.4, -0.2) is 79.9 Å². The largest absolute Gasteiger partial charge is 0.463 e. The molecule has 1 N–H and O–H groups in total. The maximum Gasteiger partial charge on any atom is 0.338 e. The lowest BCUT2D eigenvalue weighted by molar-refractivity contribution is -0.139. The zero-order valence-corrected chi connectivity index (χ0v) is 23.2. The van der Waals surface area contributed by atoms with E-state index in [9.17, 15) is 18.0 Å². The highest BCUT2D eigenvalue weighted by Gasteiger charge is 2.40. The Hall–Kier alpha value is -3.21. The van der Waals surface area contributed by atoms with E-state index < -0.39 is 22.0 Å². The molecule has 2 aromatic rings. The van der Waals surface area contributed by atoms with Gasteiger partial charge < -0.3 is 10.1 Å². The van der Waals surface area contributed by atoms with Crippen molar-refractivity contribution >= 4 is 22.0 Å². The van der Waals surface area contributed by atoms with E-state index >= 15 is 0 Å². The third-order valence-electron chi connectivity index (χ3n) is 7.03. The van der Waals surface area contributed by atoms with E-state index in [4.69, 9.17) is 4.74 Å². The summed E-state index contributed by atoms with van der Waals surface area (Å²) in [6, 6.07) is 15.0. The molecule has 1 fully saturated rings. The zero-order chi connectivity index (χ0) is 27.4. The van der Waals surface area contributed by atoms with Crippen LogP contribution in [0.2, 0.25) is 0 Å². The predicted octanol–water partition coefficient (Wildman–Crippen LogP) is 3.29. The van der Waals surface area contributed by atoms with Gasteiger partial charge in [0.05, 0.1) is 23.1 Å². The second-order valence-corrected chi connectivity index (χ2v) is 11.5. The molecule has 9 nitrogen and oxygen atoms in total. The molecule has 0 unspecified atom stereocenters. The van der Waals surface area contributed by atoms with Crippen molar-refractivity contribution in [1.29, 1.82) is 0 Å². The number of hydrogen-bond donors (Lipinski definition) is 1. The van der Waals surface area contributed by atoms with Gasteiger partial charge in [-0.05, 0) is 45.4 Å². The Morgan fingerprint density at radius 1 is 1.05 bits per heavy atom. The molecule has 1 saturated heterocycles. The summed E-state index contributed by atoms with van der Waals surface area (Å²) >= 11 is 0. The van der Waals surface area contributed by atoms with Crippen molar-refractivity contribution in [3.8, 4) is 0 Å². The number of carbonyl (C=O) groups is 2. The van der Waals surface area contributed by atoms with Gasteiger partial charge in [0.25, 0.3) is 0 Å². The van der Waals surface area contributed by atoms with Gasteiger partial charge in [-0.15, -0.1) is 0 Å². The van der Waals surface area contributed by atoms with Crippen LogP contribution < -0.4 is 5.32 Å². The number of likely N-dealkylation sites (N-methyl/N-ethyl adjacent to an activating group) is 1. The van der Waals surface area contributed by atoms with Crippen molar-refractivity contribution in [2.75, 3.05) is 39.3 Å². The third kappa shape index (κ3) is 5.62. The molecule has 0 aliphatic carbocycles. The van der Waals surface area contributed by atoms with Crippen molar-refractivity contribution in [2.24, 2.45) is 0 Å². The van der Waals surface area contributed by atoms with Crippen LogP contribution in [0.4, 0.5) is 4.79 Å². The highest BCUT2D eigenvalue weighted by Crippen LogP contribution is 2.32. The molecular formula is C28H36N4O5S. The van der Waals surface area contributed by atoms with Gasteiger partial charge in [-0.2, -0.15) is 4.31 Å². The number of urea groups is 1. The van der Waals surface area contributed by atoms with Crippen LogP contribution in [0.25, 0.3) is 0 Å². The van der Waals surface area contributed by atoms with E-state index in [1.54, 1.807) is 36.1 Å². The Kier molecular flexibility index (Phi) is 8.54. The summed E-state index contributed by atoms with van der Waals surface area (Å²) in [6.45, 7) is 9.56. The van der Waals surface area contributed by atoms with Crippen LogP contribution in [0.15, 0.2) is 70.8 Å². The zero-order valence-electron chi connectivity index (χ0n) is 22.4. The second kappa shape index (κ2) is 11.7. The Morgan fingerprint density at radius 3 is 2.34 bits per heavy atom. The minimum atomic E-state index is -3.64. The van der Waals surface area contributed by atoms with E-state index in [1.165, 1.54) is 4.31 Å². The topological polar surface area (TPSA) is 99.3 Å². The number of esters is 1. The Balaban J connectivity index is 1.63. The van der Waals surface area contributed by atoms with Crippen LogP contribution in [-0.2, 0) is 19.6 Å². The monoisotopic (exact) mass is 540 g/mol. The first-order valence-electron chi connectivity index (χ1n) is 13.0. The Bertz CT molecular complexity index is 1290. The van der Waals surface area contributed by atoms with E-state index in [-0.39, 0.29) is 23.6 Å². The summed E-state index contributed by atoms with van der Waals surface area (Å²) in [5, 5.41) is 2.97. The van der Waals surface area contributed by atoms with Gasteiger partial charge in [0.2, 0.25) is 10.0 Å². The number of hydrogen-bond acceptors (Lipinski definition) is 6. The molecule has 2 aliphatic heterocycles. The number of piperazine rings is 1. The highest BCUT2D eigenvalue weighted by atomic mass is 32.2. The summed E-state index contributed by atoms with van der Waals surface area (Å²) in [4.78, 5) is 30.4. The number of carbonyl (C=O) groups excluding carboxylic acids is 2. The SMILES string of the molecule is CCOC(=O)C1=C(CN2CCN(S(=O)(=O)c3ccc(C)cc3)[C@@H](C)C2)N(CC)C(=O)N[C@@H]1c1ccccc1. The number of ether oxygens (including phenoxy) is 1. The lowest BCUT2D eigenvalue weighted by atomic mass is 9.94. The molecule has 2 heterocycles. The van der Waals surface area contributed by atoms with Gasteiger partial charge in [-0.25, -0.2) is 18.0 Å². The number of rotatable bonds is 8. The van der Waals surface area contributed by atoms with E-state index in [0.29, 0.717) is 44.0 Å². The fourth-order valence-electron chi connectivity index (χ4n) is 5.13. The van der Waals surface area contributed by atoms with Crippen LogP contribution in [0, 0.1) is 6.92 Å². The third-order valence-corrected chi connectivity index (χ3v) is 9.06. The molecular weight excluding hydrogens is 504 g/mol. The number of nitrogens with zero attached hydrogens (tertiary/aromatic N) is 3. The molecule has 204 valence electrons. The molecule has 0 spiro atoms. The van der Waals surface area contributed by atoms with Gasteiger partial charge in [-0.3, -0.25) is 9.80 Å². The first kappa shape index (κ1) is 27.8. The molecule has 0 radical (unpaired) electrons. The highest BCUT2D eigenvalue weighted by molar-refractivity contribution is 7.89. The normalized spacial score (nSPS) is 21.4. The Labute approximate surface area is 225 Å². The van der Waals surface area contributed by atoms with Crippen molar-refractivity contribution in [3.05, 3.63) is 77.0 Å². The fourth-order valence-corrected chi connectivity index (χ4v) is 6.74. The lowest BCUT2D eigenvalue weighted by Gasteiger charge is -2.42. The van der Waals surface area contributed by atoms with Crippen molar-refractivity contribution in [1.82, 2.24) is 19.4 Å². The summed E-state index contributed by atoms with van der Waals surface area (Å²) in [5.41, 5.74) is 2.78. The van der Waals surface area contributed by atoms with Gasteiger partial charge in [0, 0.05) is 44.5 Å². The van der Waals surface area contributed by atoms with E-state index in [0.717, 1.165) is 11.1 Å². The van der Waals surface area contributed by atoms with Crippen molar-refractivity contribution < 1.29 is 22.7 Å². The molecule has 0 bridgehead atoms. The molecule has 0 saturated carbocycles. The minimum Gasteiger partial charge on any atom is -0.463 e. The molecule has 4 rings (SSSR count). The van der Waals surface area contributed by atoms with Gasteiger partial charge >= 0.3 is 12.0 Å². The molecule has 2 amide bonds. The van der Waals surface area contributed by atoms with Crippen LogP contribution in [0.1, 0.15) is 37.9 Å². The van der Waals surface area contributed by atoms with Gasteiger partial charge in [0.15, 0.2) is 0 Å². The first-order chi connectivity index (χ1) is 18.2. The van der Waals surface area contributed by atoms with Gasteiger partial charge in [-0.1, -0.05) is 48.0 Å². The quantitative estimate of drug-likeness (QED) is 0.516. The molecule has 2 aromatic carbocycles. The number of benzene rings is 2. The van der Waals surface area contributed by atoms with Crippen LogP contribution in [0.5, 0.6) is 0 Å². The second-order valence-electron chi connectivity index (χ2n) is 9.63. The maximum absolute atomic E-state index is 13.3. The number of nitrogens with one attached hydrogen (secondary N) is 1. The fraction of sp³-hybridized carbons (Fsp3) is 0.429. The Morgan fingerprint density at radius 2 is 1.74 bits per heavy atom. The van der Waals surface area contributed by atoms with Crippen molar-refractivity contribution in [2.45, 2.75) is 44.7 Å². The van der Waals surface area contributed by atoms with E-state index in [1.807, 2.05) is 51.1 Å². The summed E-state index contributed by atoms with van der Waals surface area (Å²) in [6.07, 6.45) is 0. The molecule has 0 aromatic heterocycles. The lowest BCUT2D eigenvalue weighted by Crippen LogP contribution is -2.56. The molecule has 2 aliphatic rings. The standard InChI is InChI=1S/C28H36N4O5S/c1-5-31-24(25(27(33)37-6-2)26(29-28(31)34)22-10-8-7-9-11-22)19-30-16-17-32(21(4)18-30)38(35,36)23-14-12-20(3)13-15-23/h7-15,21,26H,5-6,16-19H2,1-4H3,(H,29,34)/t21-,26+/m0/s1. The van der Waals surface area contributed by atoms with Crippen LogP contribution in [0.3, 0.4) is 0 Å². The van der Waals surface area contributed by atoms with Crippen LogP contribution >= 0.6 is 0 Å². The summed E-state index contributed by atoms with van der Waals surface area (Å²) < 4.78 is 33.6. The summed E-state index contributed by atoms with van der Waals surface area (Å²) in [7, 11) is -3.64. The van der Waals surface area contributed by atoms with E-state index in [2.05, 4.69) is 10.2 Å². The van der Waals surface area contributed by atoms with Gasteiger partial charge in [0.1, 0.15) is 0 Å². The molecule has 2 atom stereocenters. The number of sulfonamides is 1.